The van der Waals surface area contributed by atoms with Crippen LogP contribution in [0, 0.1) is 6.92 Å². The second-order valence-electron chi connectivity index (χ2n) is 7.44. The summed E-state index contributed by atoms with van der Waals surface area (Å²) in [6.07, 6.45) is 2.26. The Morgan fingerprint density at radius 2 is 1.94 bits per heavy atom. The SMILES string of the molecule is Cc1cc(Nc2nccc3nc(-c4c(Cl)cc(C5CN(C(=O)O)C5)cc4Cl)sc23)ncn1. The molecule has 3 aromatic heterocycles. The fourth-order valence-corrected chi connectivity index (χ4v) is 5.45. The molecule has 0 saturated carbocycles. The molecule has 1 aromatic carbocycles. The predicted molar refractivity (Wildman–Crippen MR) is 125 cm³/mol. The number of nitrogens with one attached hydrogen (secondary N) is 1. The maximum Gasteiger partial charge on any atom is 0.407 e. The molecular formula is C21H16Cl2N6O2S. The summed E-state index contributed by atoms with van der Waals surface area (Å²) in [5.74, 6) is 1.36. The van der Waals surface area contributed by atoms with Crippen molar-refractivity contribution in [2.45, 2.75) is 12.8 Å². The van der Waals surface area contributed by atoms with Gasteiger partial charge in [-0.25, -0.2) is 24.7 Å². The zero-order chi connectivity index (χ0) is 22.4. The van der Waals surface area contributed by atoms with E-state index in [4.69, 9.17) is 33.3 Å². The van der Waals surface area contributed by atoms with Crippen molar-refractivity contribution in [3.63, 3.8) is 0 Å². The summed E-state index contributed by atoms with van der Waals surface area (Å²) >= 11 is 14.7. The zero-order valence-corrected chi connectivity index (χ0v) is 19.0. The fraction of sp³-hybridized carbons (Fsp3) is 0.190. The van der Waals surface area contributed by atoms with Gasteiger partial charge in [0.25, 0.3) is 0 Å². The number of benzene rings is 1. The van der Waals surface area contributed by atoms with Gasteiger partial charge in [-0.3, -0.25) is 0 Å². The van der Waals surface area contributed by atoms with Gasteiger partial charge in [0.2, 0.25) is 0 Å². The van der Waals surface area contributed by atoms with Crippen LogP contribution in [0.15, 0.2) is 36.8 Å². The van der Waals surface area contributed by atoms with E-state index in [0.29, 0.717) is 45.3 Å². The van der Waals surface area contributed by atoms with E-state index in [2.05, 4.69) is 20.3 Å². The molecule has 1 saturated heterocycles. The molecule has 0 spiro atoms. The van der Waals surface area contributed by atoms with E-state index in [1.165, 1.54) is 22.6 Å². The van der Waals surface area contributed by atoms with Crippen molar-refractivity contribution in [2.75, 3.05) is 18.4 Å². The number of fused-ring (bicyclic) bond motifs is 1. The van der Waals surface area contributed by atoms with Crippen molar-refractivity contribution in [1.29, 1.82) is 0 Å². The third kappa shape index (κ3) is 3.83. The average Bonchev–Trinajstić information content (AvgIpc) is 3.11. The fourth-order valence-electron chi connectivity index (χ4n) is 3.57. The normalized spacial score (nSPS) is 13.9. The highest BCUT2D eigenvalue weighted by Crippen LogP contribution is 2.43. The lowest BCUT2D eigenvalue weighted by Crippen LogP contribution is -2.47. The van der Waals surface area contributed by atoms with Gasteiger partial charge in [-0.2, -0.15) is 0 Å². The number of amides is 1. The lowest BCUT2D eigenvalue weighted by molar-refractivity contribution is 0.105. The molecule has 0 radical (unpaired) electrons. The number of hydrogen-bond acceptors (Lipinski definition) is 7. The maximum atomic E-state index is 11.0. The molecular weight excluding hydrogens is 471 g/mol. The van der Waals surface area contributed by atoms with Crippen molar-refractivity contribution in [3.05, 3.63) is 58.1 Å². The second-order valence-corrected chi connectivity index (χ2v) is 9.25. The highest BCUT2D eigenvalue weighted by Gasteiger charge is 2.32. The minimum atomic E-state index is -0.917. The molecule has 4 aromatic rings. The number of aromatic nitrogens is 4. The van der Waals surface area contributed by atoms with Gasteiger partial charge in [0, 0.05) is 42.5 Å². The van der Waals surface area contributed by atoms with Crippen LogP contribution in [0.1, 0.15) is 17.2 Å². The molecule has 4 heterocycles. The Labute approximate surface area is 196 Å². The molecule has 32 heavy (non-hydrogen) atoms. The van der Waals surface area contributed by atoms with Gasteiger partial charge in [0.05, 0.1) is 20.3 Å². The summed E-state index contributed by atoms with van der Waals surface area (Å²) in [5.41, 5.74) is 3.18. The van der Waals surface area contributed by atoms with Gasteiger partial charge >= 0.3 is 6.09 Å². The molecule has 162 valence electrons. The van der Waals surface area contributed by atoms with Crippen LogP contribution in [0.4, 0.5) is 16.4 Å². The van der Waals surface area contributed by atoms with Crippen LogP contribution in [-0.4, -0.2) is 49.1 Å². The van der Waals surface area contributed by atoms with E-state index in [1.807, 2.05) is 31.2 Å². The minimum Gasteiger partial charge on any atom is -0.465 e. The van der Waals surface area contributed by atoms with E-state index < -0.39 is 6.09 Å². The van der Waals surface area contributed by atoms with Gasteiger partial charge in [-0.15, -0.1) is 11.3 Å². The van der Waals surface area contributed by atoms with Gasteiger partial charge in [0.15, 0.2) is 5.82 Å². The average molecular weight is 487 g/mol. The molecule has 1 fully saturated rings. The third-order valence-electron chi connectivity index (χ3n) is 5.26. The largest absolute Gasteiger partial charge is 0.465 e. The number of aryl methyl sites for hydroxylation is 1. The first-order valence-electron chi connectivity index (χ1n) is 9.67. The lowest BCUT2D eigenvalue weighted by atomic mass is 9.91. The molecule has 5 rings (SSSR count). The van der Waals surface area contributed by atoms with Gasteiger partial charge < -0.3 is 15.3 Å². The summed E-state index contributed by atoms with van der Waals surface area (Å²) in [5, 5.41) is 13.9. The highest BCUT2D eigenvalue weighted by atomic mass is 35.5. The smallest absolute Gasteiger partial charge is 0.407 e. The van der Waals surface area contributed by atoms with Crippen molar-refractivity contribution >= 4 is 62.5 Å². The Kier molecular flexibility index (Phi) is 5.32. The van der Waals surface area contributed by atoms with Crippen LogP contribution in [0.2, 0.25) is 10.0 Å². The topological polar surface area (TPSA) is 104 Å². The Morgan fingerprint density at radius 3 is 2.62 bits per heavy atom. The van der Waals surface area contributed by atoms with Crippen LogP contribution in [-0.2, 0) is 0 Å². The van der Waals surface area contributed by atoms with Crippen LogP contribution in [0.5, 0.6) is 0 Å². The number of halogens is 2. The number of likely N-dealkylation sites (tertiary alicyclic amines) is 1. The first-order valence-corrected chi connectivity index (χ1v) is 11.2. The zero-order valence-electron chi connectivity index (χ0n) is 16.7. The van der Waals surface area contributed by atoms with Crippen molar-refractivity contribution in [2.24, 2.45) is 0 Å². The first-order chi connectivity index (χ1) is 15.4. The van der Waals surface area contributed by atoms with Crippen LogP contribution in [0.3, 0.4) is 0 Å². The predicted octanol–water partition coefficient (Wildman–Crippen LogP) is 5.58. The molecule has 1 amide bonds. The quantitative estimate of drug-likeness (QED) is 0.387. The van der Waals surface area contributed by atoms with Crippen molar-refractivity contribution in [1.82, 2.24) is 24.8 Å². The summed E-state index contributed by atoms with van der Waals surface area (Å²) in [4.78, 5) is 29.9. The van der Waals surface area contributed by atoms with E-state index in [0.717, 1.165) is 21.5 Å². The van der Waals surface area contributed by atoms with Crippen LogP contribution >= 0.6 is 34.5 Å². The van der Waals surface area contributed by atoms with E-state index in [9.17, 15) is 4.79 Å². The number of anilines is 2. The standard InChI is InChI=1S/C21H16Cl2N6O2S/c1-10-4-16(26-9-25-10)28-19-18-15(2-3-24-19)27-20(32-18)17-13(22)5-11(6-14(17)23)12-7-29(8-12)21(30)31/h2-6,9,12H,7-8H2,1H3,(H,30,31)(H,24,25,26,28). The number of pyridine rings is 1. The summed E-state index contributed by atoms with van der Waals surface area (Å²) in [6.45, 7) is 2.76. The molecule has 0 bridgehead atoms. The third-order valence-corrected chi connectivity index (χ3v) is 6.95. The van der Waals surface area contributed by atoms with E-state index in [-0.39, 0.29) is 5.92 Å². The van der Waals surface area contributed by atoms with E-state index in [1.54, 1.807) is 6.20 Å². The number of carbonyl (C=O) groups is 1. The first kappa shape index (κ1) is 20.9. The number of rotatable bonds is 4. The highest BCUT2D eigenvalue weighted by molar-refractivity contribution is 7.22. The number of nitrogens with zero attached hydrogens (tertiary/aromatic N) is 5. The van der Waals surface area contributed by atoms with Crippen LogP contribution < -0.4 is 5.32 Å². The van der Waals surface area contributed by atoms with Crippen LogP contribution in [0.25, 0.3) is 20.8 Å². The Hall–Kier alpha value is -3.01. The van der Waals surface area contributed by atoms with E-state index >= 15 is 0 Å². The number of hydrogen-bond donors (Lipinski definition) is 2. The second kappa shape index (κ2) is 8.16. The molecule has 2 N–H and O–H groups in total. The maximum absolute atomic E-state index is 11.0. The summed E-state index contributed by atoms with van der Waals surface area (Å²) < 4.78 is 0.853. The Balaban J connectivity index is 1.48. The molecule has 0 atom stereocenters. The van der Waals surface area contributed by atoms with Gasteiger partial charge in [0.1, 0.15) is 17.2 Å². The number of thiazole rings is 1. The van der Waals surface area contributed by atoms with Gasteiger partial charge in [-0.1, -0.05) is 23.2 Å². The Morgan fingerprint density at radius 1 is 1.19 bits per heavy atom. The van der Waals surface area contributed by atoms with Crippen molar-refractivity contribution < 1.29 is 9.90 Å². The number of carboxylic acid groups (broad SMARTS) is 1. The molecule has 11 heteroatoms. The molecule has 1 aliphatic rings. The molecule has 0 aliphatic carbocycles. The Bertz CT molecular complexity index is 1330. The lowest BCUT2D eigenvalue weighted by Gasteiger charge is -2.37. The monoisotopic (exact) mass is 486 g/mol. The summed E-state index contributed by atoms with van der Waals surface area (Å²) in [7, 11) is 0. The van der Waals surface area contributed by atoms with Gasteiger partial charge in [-0.05, 0) is 30.7 Å². The minimum absolute atomic E-state index is 0.0850. The molecule has 0 unspecified atom stereocenters. The molecule has 8 nitrogen and oxygen atoms in total. The summed E-state index contributed by atoms with van der Waals surface area (Å²) in [6, 6.07) is 7.36. The van der Waals surface area contributed by atoms with Crippen molar-refractivity contribution in [3.8, 4) is 10.6 Å². The molecule has 1 aliphatic heterocycles.